The first kappa shape index (κ1) is 27.6. The molecule has 0 aliphatic rings. The zero-order chi connectivity index (χ0) is 26.9. The van der Waals surface area contributed by atoms with Gasteiger partial charge in [0.2, 0.25) is 0 Å². The second-order valence-electron chi connectivity index (χ2n) is 8.08. The molecule has 2 N–H and O–H groups in total. The fourth-order valence-corrected chi connectivity index (χ4v) is 4.67. The minimum atomic E-state index is -0.315. The number of hydrogen-bond donors (Lipinski definition) is 2. The summed E-state index contributed by atoms with van der Waals surface area (Å²) in [7, 11) is 1.37. The molecule has 1 heterocycles. The van der Waals surface area contributed by atoms with E-state index in [1.165, 1.54) is 37.3 Å². The second kappa shape index (κ2) is 13.4. The van der Waals surface area contributed by atoms with Gasteiger partial charge in [-0.25, -0.2) is 14.4 Å². The molecule has 0 spiro atoms. The summed E-state index contributed by atoms with van der Waals surface area (Å²) in [6.45, 7) is 0.711. The Labute approximate surface area is 234 Å². The van der Waals surface area contributed by atoms with Crippen LogP contribution in [0.5, 0.6) is 5.75 Å². The summed E-state index contributed by atoms with van der Waals surface area (Å²) in [6.07, 6.45) is 1.79. The van der Waals surface area contributed by atoms with E-state index >= 15 is 0 Å². The van der Waals surface area contributed by atoms with E-state index in [0.29, 0.717) is 45.2 Å². The Balaban J connectivity index is 1.40. The van der Waals surface area contributed by atoms with E-state index < -0.39 is 0 Å². The average Bonchev–Trinajstić information content (AvgIpc) is 2.91. The molecule has 7 nitrogen and oxygen atoms in total. The summed E-state index contributed by atoms with van der Waals surface area (Å²) in [4.78, 5) is 20.0. The number of ether oxygens (including phenoxy) is 2. The summed E-state index contributed by atoms with van der Waals surface area (Å²) < 4.78 is 24.4. The third-order valence-electron chi connectivity index (χ3n) is 5.38. The highest BCUT2D eigenvalue weighted by atomic mass is 35.5. The molecule has 0 saturated heterocycles. The van der Waals surface area contributed by atoms with Gasteiger partial charge in [0, 0.05) is 23.4 Å². The second-order valence-corrected chi connectivity index (χ2v) is 10.3. The lowest BCUT2D eigenvalue weighted by Crippen LogP contribution is -2.18. The number of methoxy groups -OCH3 is 1. The maximum absolute atomic E-state index is 13.4. The molecule has 0 fully saturated rings. The zero-order valence-electron chi connectivity index (χ0n) is 20.4. The van der Waals surface area contributed by atoms with Crippen molar-refractivity contribution in [3.05, 3.63) is 89.0 Å². The summed E-state index contributed by atoms with van der Waals surface area (Å²) in [6, 6.07) is 17.4. The highest BCUT2D eigenvalue weighted by Crippen LogP contribution is 2.31. The Hall–Kier alpha value is -3.47. The van der Waals surface area contributed by atoms with Gasteiger partial charge in [0.1, 0.15) is 34.6 Å². The van der Waals surface area contributed by atoms with Crippen LogP contribution in [0.4, 0.5) is 15.9 Å². The smallest absolute Gasteiger partial charge is 0.306 e. The van der Waals surface area contributed by atoms with Crippen LogP contribution in [-0.4, -0.2) is 33.1 Å². The van der Waals surface area contributed by atoms with Crippen LogP contribution >= 0.6 is 35.6 Å². The van der Waals surface area contributed by atoms with E-state index in [1.54, 1.807) is 24.3 Å². The molecule has 0 aliphatic carbocycles. The Morgan fingerprint density at radius 2 is 1.97 bits per heavy atom. The minimum absolute atomic E-state index is 0.199. The molecule has 0 saturated carbocycles. The van der Waals surface area contributed by atoms with Gasteiger partial charge in [0.05, 0.1) is 24.1 Å². The molecule has 0 unspecified atom stereocenters. The molecule has 0 amide bonds. The molecule has 4 rings (SSSR count). The summed E-state index contributed by atoms with van der Waals surface area (Å²) in [5.41, 5.74) is 3.20. The lowest BCUT2D eigenvalue weighted by atomic mass is 10.1. The number of halogens is 2. The number of nitrogens with one attached hydrogen (secondary N) is 2. The molecule has 0 atom stereocenters. The first-order valence-corrected chi connectivity index (χ1v) is 13.3. The van der Waals surface area contributed by atoms with E-state index in [1.807, 2.05) is 24.3 Å². The lowest BCUT2D eigenvalue weighted by molar-refractivity contribution is -0.140. The van der Waals surface area contributed by atoms with Gasteiger partial charge in [-0.2, -0.15) is 0 Å². The molecule has 11 heteroatoms. The van der Waals surface area contributed by atoms with E-state index in [2.05, 4.69) is 25.3 Å². The average molecular weight is 571 g/mol. The first-order chi connectivity index (χ1) is 18.4. The fourth-order valence-electron chi connectivity index (χ4n) is 3.49. The van der Waals surface area contributed by atoms with Crippen molar-refractivity contribution in [1.82, 2.24) is 15.3 Å². The van der Waals surface area contributed by atoms with E-state index in [4.69, 9.17) is 28.6 Å². The molecule has 0 aliphatic heterocycles. The quantitative estimate of drug-likeness (QED) is 0.166. The van der Waals surface area contributed by atoms with Gasteiger partial charge in [-0.3, -0.25) is 4.79 Å². The van der Waals surface area contributed by atoms with Crippen LogP contribution in [0, 0.1) is 5.82 Å². The standard InChI is InChI=1S/C27H24ClFN4O3S2/c1-35-25(34)9-10-38-27(37)30-14-17-5-7-23-21(12-17)26(32-16-31-23)33-20-6-8-24(22(28)13-20)36-15-18-3-2-4-19(29)11-18/h2-8,11-13,16H,9-10,14-15H2,1H3,(H,30,37)(H,31,32,33). The first-order valence-electron chi connectivity index (χ1n) is 11.6. The van der Waals surface area contributed by atoms with E-state index in [0.717, 1.165) is 22.2 Å². The molecular formula is C27H24ClFN4O3S2. The number of thiocarbonyl (C=S) groups is 1. The van der Waals surface area contributed by atoms with Crippen molar-refractivity contribution in [2.75, 3.05) is 18.2 Å². The van der Waals surface area contributed by atoms with E-state index in [-0.39, 0.29) is 18.4 Å². The number of hydrogen-bond acceptors (Lipinski definition) is 8. The van der Waals surface area contributed by atoms with Crippen LogP contribution in [-0.2, 0) is 22.7 Å². The summed E-state index contributed by atoms with van der Waals surface area (Å²) >= 11 is 13.2. The number of rotatable bonds is 10. The maximum atomic E-state index is 13.4. The number of fused-ring (bicyclic) bond motifs is 1. The molecule has 38 heavy (non-hydrogen) atoms. The number of aromatic nitrogens is 2. The number of carbonyl (C=O) groups is 1. The van der Waals surface area contributed by atoms with Gasteiger partial charge in [0.25, 0.3) is 0 Å². The van der Waals surface area contributed by atoms with Gasteiger partial charge >= 0.3 is 5.97 Å². The van der Waals surface area contributed by atoms with Crippen molar-refractivity contribution < 1.29 is 18.7 Å². The topological polar surface area (TPSA) is 85.4 Å². The molecule has 3 aromatic carbocycles. The van der Waals surface area contributed by atoms with Gasteiger partial charge in [-0.1, -0.05) is 53.8 Å². The summed E-state index contributed by atoms with van der Waals surface area (Å²) in [5.74, 6) is 1.08. The number of esters is 1. The number of benzene rings is 3. The Bertz CT molecular complexity index is 1460. The largest absolute Gasteiger partial charge is 0.487 e. The van der Waals surface area contributed by atoms with Crippen molar-refractivity contribution in [3.8, 4) is 5.75 Å². The predicted octanol–water partition coefficient (Wildman–Crippen LogP) is 6.42. The van der Waals surface area contributed by atoms with Crippen LogP contribution < -0.4 is 15.4 Å². The van der Waals surface area contributed by atoms with Gasteiger partial charge in [-0.05, 0) is 53.6 Å². The Morgan fingerprint density at radius 3 is 2.76 bits per heavy atom. The highest BCUT2D eigenvalue weighted by Gasteiger charge is 2.09. The van der Waals surface area contributed by atoms with Crippen LogP contribution in [0.15, 0.2) is 67.0 Å². The molecule has 0 bridgehead atoms. The third-order valence-corrected chi connectivity index (χ3v) is 6.99. The number of anilines is 2. The molecular weight excluding hydrogens is 547 g/mol. The van der Waals surface area contributed by atoms with Gasteiger partial charge < -0.3 is 20.1 Å². The van der Waals surface area contributed by atoms with Crippen LogP contribution in [0.1, 0.15) is 17.5 Å². The molecule has 1 aromatic heterocycles. The number of nitrogens with zero attached hydrogens (tertiary/aromatic N) is 2. The SMILES string of the molecule is COC(=O)CCSC(=S)NCc1ccc2ncnc(Nc3ccc(OCc4cccc(F)c4)c(Cl)c3)c2c1. The Kier molecular flexibility index (Phi) is 9.69. The monoisotopic (exact) mass is 570 g/mol. The minimum Gasteiger partial charge on any atom is -0.487 e. The Morgan fingerprint density at radius 1 is 1.11 bits per heavy atom. The van der Waals surface area contributed by atoms with Crippen molar-refractivity contribution in [2.45, 2.75) is 19.6 Å². The van der Waals surface area contributed by atoms with Crippen molar-refractivity contribution >= 4 is 68.3 Å². The number of thioether (sulfide) groups is 1. The van der Waals surface area contributed by atoms with Crippen molar-refractivity contribution in [1.29, 1.82) is 0 Å². The van der Waals surface area contributed by atoms with Crippen molar-refractivity contribution in [3.63, 3.8) is 0 Å². The van der Waals surface area contributed by atoms with E-state index in [9.17, 15) is 9.18 Å². The fraction of sp³-hybridized carbons (Fsp3) is 0.185. The lowest BCUT2D eigenvalue weighted by Gasteiger charge is -2.13. The number of carbonyl (C=O) groups excluding carboxylic acids is 1. The zero-order valence-corrected chi connectivity index (χ0v) is 22.8. The van der Waals surface area contributed by atoms with Gasteiger partial charge in [0.15, 0.2) is 0 Å². The molecule has 0 radical (unpaired) electrons. The van der Waals surface area contributed by atoms with Crippen LogP contribution in [0.2, 0.25) is 5.02 Å². The maximum Gasteiger partial charge on any atom is 0.306 e. The normalized spacial score (nSPS) is 10.7. The predicted molar refractivity (Wildman–Crippen MR) is 154 cm³/mol. The van der Waals surface area contributed by atoms with Crippen molar-refractivity contribution in [2.24, 2.45) is 0 Å². The summed E-state index contributed by atoms with van der Waals surface area (Å²) in [5, 5.41) is 7.73. The third kappa shape index (κ3) is 7.77. The van der Waals surface area contributed by atoms with Crippen LogP contribution in [0.25, 0.3) is 10.9 Å². The van der Waals surface area contributed by atoms with Gasteiger partial charge in [-0.15, -0.1) is 0 Å². The molecule has 4 aromatic rings. The molecule has 196 valence electrons. The van der Waals surface area contributed by atoms with Crippen LogP contribution in [0.3, 0.4) is 0 Å². The highest BCUT2D eigenvalue weighted by molar-refractivity contribution is 8.22.